The number of benzene rings is 1. The molecule has 3 N–H and O–H groups in total. The van der Waals surface area contributed by atoms with Crippen molar-refractivity contribution in [2.45, 2.75) is 12.5 Å². The second-order valence-corrected chi connectivity index (χ2v) is 3.76. The number of nitrogens with zero attached hydrogens (tertiary/aromatic N) is 1. The van der Waals surface area contributed by atoms with E-state index < -0.39 is 28.4 Å². The predicted molar refractivity (Wildman–Crippen MR) is 66.2 cm³/mol. The summed E-state index contributed by atoms with van der Waals surface area (Å²) in [6, 6.07) is 2.90. The molecule has 0 spiro atoms. The molecular formula is C11H14FN3O4. The standard InChI is InChI=1S/C11H14FN3O4/c1-19-8(6-13)5-11(16)14-9-3-2-7(12)4-10(9)15(17)18/h2-4,8H,5-6,13H2,1H3,(H,14,16). The van der Waals surface area contributed by atoms with E-state index in [-0.39, 0.29) is 18.7 Å². The van der Waals surface area contributed by atoms with E-state index in [0.717, 1.165) is 18.2 Å². The molecule has 0 bridgehead atoms. The van der Waals surface area contributed by atoms with Crippen LogP contribution >= 0.6 is 0 Å². The third kappa shape index (κ3) is 4.27. The molecule has 1 aromatic carbocycles. The number of carbonyl (C=O) groups excluding carboxylic acids is 1. The summed E-state index contributed by atoms with van der Waals surface area (Å²) in [5, 5.41) is 13.1. The summed E-state index contributed by atoms with van der Waals surface area (Å²) in [4.78, 5) is 21.6. The zero-order valence-corrected chi connectivity index (χ0v) is 10.3. The number of rotatable bonds is 6. The largest absolute Gasteiger partial charge is 0.380 e. The van der Waals surface area contributed by atoms with Crippen molar-refractivity contribution in [1.82, 2.24) is 0 Å². The molecule has 19 heavy (non-hydrogen) atoms. The van der Waals surface area contributed by atoms with Gasteiger partial charge in [0, 0.05) is 13.7 Å². The fourth-order valence-corrected chi connectivity index (χ4v) is 1.43. The number of ether oxygens (including phenoxy) is 1. The minimum Gasteiger partial charge on any atom is -0.380 e. The first-order valence-electron chi connectivity index (χ1n) is 5.44. The molecule has 0 heterocycles. The average molecular weight is 271 g/mol. The molecule has 0 saturated heterocycles. The number of halogens is 1. The van der Waals surface area contributed by atoms with E-state index in [1.165, 1.54) is 7.11 Å². The lowest BCUT2D eigenvalue weighted by molar-refractivity contribution is -0.384. The zero-order valence-electron chi connectivity index (χ0n) is 10.3. The SMILES string of the molecule is COC(CN)CC(=O)Nc1ccc(F)cc1[N+](=O)[O-]. The molecule has 1 unspecified atom stereocenters. The van der Waals surface area contributed by atoms with Crippen molar-refractivity contribution in [2.24, 2.45) is 5.73 Å². The second-order valence-electron chi connectivity index (χ2n) is 3.76. The molecule has 1 rings (SSSR count). The molecule has 0 aliphatic rings. The van der Waals surface area contributed by atoms with E-state index in [9.17, 15) is 19.3 Å². The van der Waals surface area contributed by atoms with Gasteiger partial charge in [-0.05, 0) is 12.1 Å². The summed E-state index contributed by atoms with van der Waals surface area (Å²) in [6.07, 6.45) is -0.513. The Morgan fingerprint density at radius 2 is 2.32 bits per heavy atom. The van der Waals surface area contributed by atoms with Crippen molar-refractivity contribution in [1.29, 1.82) is 0 Å². The van der Waals surface area contributed by atoms with Gasteiger partial charge in [0.2, 0.25) is 5.91 Å². The Morgan fingerprint density at radius 1 is 1.63 bits per heavy atom. The van der Waals surface area contributed by atoms with Gasteiger partial charge in [0.05, 0.1) is 23.5 Å². The van der Waals surface area contributed by atoms with Gasteiger partial charge in [-0.3, -0.25) is 14.9 Å². The number of anilines is 1. The second kappa shape index (κ2) is 6.76. The van der Waals surface area contributed by atoms with Crippen LogP contribution in [0.25, 0.3) is 0 Å². The molecule has 7 nitrogen and oxygen atoms in total. The van der Waals surface area contributed by atoms with Crippen LogP contribution in [0.15, 0.2) is 18.2 Å². The number of nitro benzene ring substituents is 1. The van der Waals surface area contributed by atoms with Gasteiger partial charge < -0.3 is 15.8 Å². The number of nitro groups is 1. The molecule has 0 radical (unpaired) electrons. The summed E-state index contributed by atoms with van der Waals surface area (Å²) in [5.41, 5.74) is 4.79. The molecular weight excluding hydrogens is 257 g/mol. The number of nitrogens with one attached hydrogen (secondary N) is 1. The Hall–Kier alpha value is -2.06. The molecule has 104 valence electrons. The van der Waals surface area contributed by atoms with Crippen LogP contribution in [0.3, 0.4) is 0 Å². The summed E-state index contributed by atoms with van der Waals surface area (Å²) in [7, 11) is 1.41. The first-order valence-corrected chi connectivity index (χ1v) is 5.44. The van der Waals surface area contributed by atoms with E-state index in [1.807, 2.05) is 0 Å². The fourth-order valence-electron chi connectivity index (χ4n) is 1.43. The molecule has 0 fully saturated rings. The molecule has 0 aromatic heterocycles. The maximum Gasteiger partial charge on any atom is 0.295 e. The van der Waals surface area contributed by atoms with Crippen molar-refractivity contribution >= 4 is 17.3 Å². The molecule has 1 amide bonds. The Balaban J connectivity index is 2.82. The topological polar surface area (TPSA) is 107 Å². The van der Waals surface area contributed by atoms with Crippen molar-refractivity contribution in [3.63, 3.8) is 0 Å². The van der Waals surface area contributed by atoms with Crippen LogP contribution in [0.1, 0.15) is 6.42 Å². The molecule has 0 aliphatic heterocycles. The minimum atomic E-state index is -0.768. The summed E-state index contributed by atoms with van der Waals surface area (Å²) in [6.45, 7) is 0.148. The zero-order chi connectivity index (χ0) is 14.4. The minimum absolute atomic E-state index is 0.0401. The van der Waals surface area contributed by atoms with Crippen LogP contribution in [0.2, 0.25) is 0 Å². The summed E-state index contributed by atoms with van der Waals surface area (Å²) in [5.74, 6) is -1.24. The smallest absolute Gasteiger partial charge is 0.295 e. The van der Waals surface area contributed by atoms with Crippen LogP contribution in [-0.4, -0.2) is 30.6 Å². The number of hydrogen-bond donors (Lipinski definition) is 2. The van der Waals surface area contributed by atoms with E-state index >= 15 is 0 Å². The number of carbonyl (C=O) groups is 1. The molecule has 8 heteroatoms. The van der Waals surface area contributed by atoms with Gasteiger partial charge in [-0.2, -0.15) is 0 Å². The predicted octanol–water partition coefficient (Wildman–Crippen LogP) is 1.04. The lowest BCUT2D eigenvalue weighted by atomic mass is 10.2. The highest BCUT2D eigenvalue weighted by atomic mass is 19.1. The highest BCUT2D eigenvalue weighted by Crippen LogP contribution is 2.25. The van der Waals surface area contributed by atoms with E-state index in [2.05, 4.69) is 5.32 Å². The third-order valence-electron chi connectivity index (χ3n) is 2.44. The summed E-state index contributed by atoms with van der Waals surface area (Å²) >= 11 is 0. The van der Waals surface area contributed by atoms with Crippen LogP contribution in [0.4, 0.5) is 15.8 Å². The number of methoxy groups -OCH3 is 1. The van der Waals surface area contributed by atoms with Gasteiger partial charge in [0.25, 0.3) is 5.69 Å². The number of nitrogens with two attached hydrogens (primary N) is 1. The van der Waals surface area contributed by atoms with Gasteiger partial charge in [0.1, 0.15) is 11.5 Å². The van der Waals surface area contributed by atoms with Crippen LogP contribution in [0.5, 0.6) is 0 Å². The molecule has 1 aromatic rings. The first-order chi connectivity index (χ1) is 8.97. The summed E-state index contributed by atoms with van der Waals surface area (Å²) < 4.78 is 17.8. The van der Waals surface area contributed by atoms with Gasteiger partial charge in [-0.25, -0.2) is 4.39 Å². The van der Waals surface area contributed by atoms with E-state index in [4.69, 9.17) is 10.5 Å². The van der Waals surface area contributed by atoms with Gasteiger partial charge in [-0.15, -0.1) is 0 Å². The quantitative estimate of drug-likeness (QED) is 0.593. The Labute approximate surface area is 108 Å². The maximum atomic E-state index is 12.9. The molecule has 1 atom stereocenters. The maximum absolute atomic E-state index is 12.9. The molecule has 0 aliphatic carbocycles. The Kier molecular flexibility index (Phi) is 5.34. The Bertz CT molecular complexity index is 477. The first kappa shape index (κ1) is 15.0. The fraction of sp³-hybridized carbons (Fsp3) is 0.364. The lowest BCUT2D eigenvalue weighted by Crippen LogP contribution is -2.28. The normalized spacial score (nSPS) is 11.9. The van der Waals surface area contributed by atoms with Crippen LogP contribution in [-0.2, 0) is 9.53 Å². The van der Waals surface area contributed by atoms with Crippen LogP contribution in [0, 0.1) is 15.9 Å². The van der Waals surface area contributed by atoms with E-state index in [1.54, 1.807) is 0 Å². The number of amides is 1. The van der Waals surface area contributed by atoms with Crippen molar-refractivity contribution in [2.75, 3.05) is 19.0 Å². The highest BCUT2D eigenvalue weighted by molar-refractivity contribution is 5.93. The van der Waals surface area contributed by atoms with Gasteiger partial charge in [0.15, 0.2) is 0 Å². The van der Waals surface area contributed by atoms with Crippen molar-refractivity contribution < 1.29 is 18.8 Å². The average Bonchev–Trinajstić information content (AvgIpc) is 2.37. The van der Waals surface area contributed by atoms with Gasteiger partial charge in [-0.1, -0.05) is 0 Å². The van der Waals surface area contributed by atoms with Crippen LogP contribution < -0.4 is 11.1 Å². The van der Waals surface area contributed by atoms with Crippen molar-refractivity contribution in [3.05, 3.63) is 34.1 Å². The third-order valence-corrected chi connectivity index (χ3v) is 2.44. The van der Waals surface area contributed by atoms with E-state index in [0.29, 0.717) is 0 Å². The molecule has 0 saturated carbocycles. The Morgan fingerprint density at radius 3 is 2.84 bits per heavy atom. The number of hydrogen-bond acceptors (Lipinski definition) is 5. The van der Waals surface area contributed by atoms with Crippen molar-refractivity contribution in [3.8, 4) is 0 Å². The lowest BCUT2D eigenvalue weighted by Gasteiger charge is -2.12. The van der Waals surface area contributed by atoms with Gasteiger partial charge >= 0.3 is 0 Å². The highest BCUT2D eigenvalue weighted by Gasteiger charge is 2.18. The monoisotopic (exact) mass is 271 g/mol.